The van der Waals surface area contributed by atoms with Crippen LogP contribution in [-0.2, 0) is 16.6 Å². The summed E-state index contributed by atoms with van der Waals surface area (Å²) in [7, 11) is 3.55. The summed E-state index contributed by atoms with van der Waals surface area (Å²) in [6, 6.07) is 5.95. The summed E-state index contributed by atoms with van der Waals surface area (Å²) in [4.78, 5) is 15.0. The summed E-state index contributed by atoms with van der Waals surface area (Å²) in [6.45, 7) is 3.15. The number of hydrogen-bond acceptors (Lipinski definition) is 5. The van der Waals surface area contributed by atoms with Gasteiger partial charge in [0.2, 0.25) is 5.91 Å². The largest absolute Gasteiger partial charge is 0.379 e. The predicted octanol–water partition coefficient (Wildman–Crippen LogP) is 1.85. The molecule has 1 fully saturated rings. The second-order valence-corrected chi connectivity index (χ2v) is 6.63. The summed E-state index contributed by atoms with van der Waals surface area (Å²) < 4.78 is 20.8. The van der Waals surface area contributed by atoms with Crippen molar-refractivity contribution in [3.05, 3.63) is 53.6 Å². The van der Waals surface area contributed by atoms with Crippen LogP contribution in [0, 0.1) is 5.82 Å². The molecule has 2 heterocycles. The predicted molar refractivity (Wildman–Crippen MR) is 114 cm³/mol. The second-order valence-electron chi connectivity index (χ2n) is 6.63. The second kappa shape index (κ2) is 12.1. The quantitative estimate of drug-likeness (QED) is 0.677. The molecule has 1 aliphatic rings. The van der Waals surface area contributed by atoms with Gasteiger partial charge in [-0.15, -0.1) is 24.8 Å². The van der Waals surface area contributed by atoms with Gasteiger partial charge in [0.05, 0.1) is 25.5 Å². The van der Waals surface area contributed by atoms with Gasteiger partial charge in [-0.05, 0) is 24.7 Å². The van der Waals surface area contributed by atoms with Gasteiger partial charge in [0.15, 0.2) is 0 Å². The Morgan fingerprint density at radius 2 is 2.00 bits per heavy atom. The maximum absolute atomic E-state index is 13.8. The number of aryl methyl sites for hydroxylation is 1. The van der Waals surface area contributed by atoms with Crippen LogP contribution < -0.4 is 10.6 Å². The minimum atomic E-state index is -0.489. The Morgan fingerprint density at radius 1 is 1.28 bits per heavy atom. The summed E-state index contributed by atoms with van der Waals surface area (Å²) in [5, 5.41) is 10.2. The lowest BCUT2D eigenvalue weighted by Crippen LogP contribution is -2.45. The first kappa shape index (κ1) is 25.3. The van der Waals surface area contributed by atoms with Crippen LogP contribution in [0.25, 0.3) is 0 Å². The van der Waals surface area contributed by atoms with Crippen molar-refractivity contribution in [1.82, 2.24) is 25.3 Å². The first-order valence-corrected chi connectivity index (χ1v) is 9.09. The van der Waals surface area contributed by atoms with Gasteiger partial charge in [0, 0.05) is 38.4 Å². The number of rotatable bonds is 7. The summed E-state index contributed by atoms with van der Waals surface area (Å²) in [6.07, 6.45) is 3.49. The highest BCUT2D eigenvalue weighted by atomic mass is 35.5. The molecule has 1 aromatic heterocycles. The Bertz CT molecular complexity index is 771. The number of amides is 1. The molecular weight excluding hydrogens is 420 g/mol. The number of nitrogens with zero attached hydrogens (tertiary/aromatic N) is 3. The molecule has 7 nitrogen and oxygen atoms in total. The van der Waals surface area contributed by atoms with E-state index in [0.717, 1.165) is 24.2 Å². The van der Waals surface area contributed by atoms with Crippen molar-refractivity contribution in [3.8, 4) is 0 Å². The topological polar surface area (TPSA) is 71.4 Å². The molecule has 0 bridgehead atoms. The van der Waals surface area contributed by atoms with Gasteiger partial charge in [-0.3, -0.25) is 14.4 Å². The number of benzene rings is 1. The van der Waals surface area contributed by atoms with Gasteiger partial charge in [-0.1, -0.05) is 12.1 Å². The highest BCUT2D eigenvalue weighted by molar-refractivity contribution is 5.85. The molecule has 2 aromatic rings. The van der Waals surface area contributed by atoms with Gasteiger partial charge in [0.25, 0.3) is 0 Å². The molecule has 0 radical (unpaired) electrons. The number of carbonyl (C=O) groups excluding carboxylic acids is 1. The van der Waals surface area contributed by atoms with E-state index in [9.17, 15) is 9.18 Å². The molecule has 0 spiro atoms. The number of morpholine rings is 1. The molecule has 1 aliphatic heterocycles. The summed E-state index contributed by atoms with van der Waals surface area (Å²) in [5.74, 6) is -0.416. The number of halogens is 3. The summed E-state index contributed by atoms with van der Waals surface area (Å²) in [5.41, 5.74) is 1.64. The smallest absolute Gasteiger partial charge is 0.241 e. The van der Waals surface area contributed by atoms with Crippen molar-refractivity contribution < 1.29 is 13.9 Å². The zero-order valence-electron chi connectivity index (χ0n) is 16.5. The average Bonchev–Trinajstić information content (AvgIpc) is 3.09. The first-order valence-electron chi connectivity index (χ1n) is 9.09. The summed E-state index contributed by atoms with van der Waals surface area (Å²) >= 11 is 0. The lowest BCUT2D eigenvalue weighted by molar-refractivity contribution is -0.123. The Labute approximate surface area is 182 Å². The third kappa shape index (κ3) is 6.65. The van der Waals surface area contributed by atoms with Crippen molar-refractivity contribution in [1.29, 1.82) is 0 Å². The standard InChI is InChI=1S/C19H26FN5O2.2ClH/c1-21-18(15-11-23-24(2)13-15)19(26)22-12-17(25-6-8-27-9-7-25)14-4-3-5-16(20)10-14;;/h3-5,10-11,13,17-18,21H,6-9,12H2,1-2H3,(H,22,26);2*1H. The van der Waals surface area contributed by atoms with Crippen LogP contribution in [-0.4, -0.2) is 60.5 Å². The zero-order valence-corrected chi connectivity index (χ0v) is 18.1. The molecule has 1 saturated heterocycles. The highest BCUT2D eigenvalue weighted by Gasteiger charge is 2.26. The average molecular weight is 448 g/mol. The monoisotopic (exact) mass is 447 g/mol. The molecule has 2 atom stereocenters. The fourth-order valence-electron chi connectivity index (χ4n) is 3.40. The van der Waals surface area contributed by atoms with E-state index >= 15 is 0 Å². The van der Waals surface area contributed by atoms with E-state index in [-0.39, 0.29) is 42.6 Å². The van der Waals surface area contributed by atoms with E-state index < -0.39 is 6.04 Å². The van der Waals surface area contributed by atoms with Crippen molar-refractivity contribution >= 4 is 30.7 Å². The number of hydrogen-bond donors (Lipinski definition) is 2. The van der Waals surface area contributed by atoms with E-state index in [1.165, 1.54) is 12.1 Å². The third-order valence-electron chi connectivity index (χ3n) is 4.80. The molecular formula is C19H28Cl2FN5O2. The van der Waals surface area contributed by atoms with Crippen LogP contribution in [0.4, 0.5) is 4.39 Å². The first-order chi connectivity index (χ1) is 13.1. The van der Waals surface area contributed by atoms with Crippen molar-refractivity contribution in [2.45, 2.75) is 12.1 Å². The molecule has 0 aliphatic carbocycles. The van der Waals surface area contributed by atoms with Crippen LogP contribution in [0.1, 0.15) is 23.2 Å². The Hall–Kier alpha value is -1.71. The van der Waals surface area contributed by atoms with Crippen LogP contribution in [0.15, 0.2) is 36.7 Å². The van der Waals surface area contributed by atoms with Crippen LogP contribution >= 0.6 is 24.8 Å². The maximum Gasteiger partial charge on any atom is 0.241 e. The maximum atomic E-state index is 13.8. The van der Waals surface area contributed by atoms with Crippen LogP contribution in [0.2, 0.25) is 0 Å². The van der Waals surface area contributed by atoms with Crippen molar-refractivity contribution in [2.75, 3.05) is 39.9 Å². The zero-order chi connectivity index (χ0) is 19.2. The molecule has 2 N–H and O–H groups in total. The molecule has 2 unspecified atom stereocenters. The minimum Gasteiger partial charge on any atom is -0.379 e. The Balaban J connectivity index is 0.00000210. The van der Waals surface area contributed by atoms with E-state index in [1.807, 2.05) is 19.3 Å². The molecule has 162 valence electrons. The third-order valence-corrected chi connectivity index (χ3v) is 4.80. The minimum absolute atomic E-state index is 0. The van der Waals surface area contributed by atoms with Crippen LogP contribution in [0.3, 0.4) is 0 Å². The lowest BCUT2D eigenvalue weighted by atomic mass is 10.0. The lowest BCUT2D eigenvalue weighted by Gasteiger charge is -2.35. The fourth-order valence-corrected chi connectivity index (χ4v) is 3.40. The van der Waals surface area contributed by atoms with Gasteiger partial charge in [-0.25, -0.2) is 4.39 Å². The van der Waals surface area contributed by atoms with Crippen LogP contribution in [0.5, 0.6) is 0 Å². The number of aromatic nitrogens is 2. The number of likely N-dealkylation sites (N-methyl/N-ethyl adjacent to an activating group) is 1. The Morgan fingerprint density at radius 3 is 2.59 bits per heavy atom. The normalized spacial score (nSPS) is 16.2. The number of nitrogens with one attached hydrogen (secondary N) is 2. The van der Waals surface area contributed by atoms with Gasteiger partial charge in [-0.2, -0.15) is 5.10 Å². The Kier molecular flexibility index (Phi) is 10.6. The van der Waals surface area contributed by atoms with Gasteiger partial charge < -0.3 is 15.4 Å². The highest BCUT2D eigenvalue weighted by Crippen LogP contribution is 2.22. The number of ether oxygens (including phenoxy) is 1. The van der Waals surface area contributed by atoms with Crippen molar-refractivity contribution in [3.63, 3.8) is 0 Å². The SMILES string of the molecule is CNC(C(=O)NCC(c1cccc(F)c1)N1CCOCC1)c1cnn(C)c1.Cl.Cl. The molecule has 3 rings (SSSR count). The van der Waals surface area contributed by atoms with E-state index in [4.69, 9.17) is 4.74 Å². The van der Waals surface area contributed by atoms with E-state index in [0.29, 0.717) is 19.8 Å². The molecule has 29 heavy (non-hydrogen) atoms. The molecule has 0 saturated carbocycles. The number of carbonyl (C=O) groups is 1. The van der Waals surface area contributed by atoms with E-state index in [1.54, 1.807) is 24.0 Å². The molecule has 1 amide bonds. The van der Waals surface area contributed by atoms with Crippen molar-refractivity contribution in [2.24, 2.45) is 7.05 Å². The molecule has 1 aromatic carbocycles. The van der Waals surface area contributed by atoms with Gasteiger partial charge in [0.1, 0.15) is 11.9 Å². The van der Waals surface area contributed by atoms with E-state index in [2.05, 4.69) is 20.6 Å². The fraction of sp³-hybridized carbons (Fsp3) is 0.474. The molecule has 10 heteroatoms. The van der Waals surface area contributed by atoms with Gasteiger partial charge >= 0.3 is 0 Å².